The van der Waals surface area contributed by atoms with E-state index in [4.69, 9.17) is 0 Å². The summed E-state index contributed by atoms with van der Waals surface area (Å²) in [6.07, 6.45) is 0.517. The van der Waals surface area contributed by atoms with Crippen LogP contribution in [-0.4, -0.2) is 34.2 Å². The van der Waals surface area contributed by atoms with Crippen molar-refractivity contribution in [2.24, 2.45) is 5.92 Å². The lowest BCUT2D eigenvalue weighted by Gasteiger charge is -2.22. The van der Waals surface area contributed by atoms with Crippen molar-refractivity contribution in [3.63, 3.8) is 0 Å². The SMILES string of the molecule is CC(C)CC(NC(Cc1ccc(-c2ccc(F)cc2)cc1)C(=O)O)C(=O)O. The fourth-order valence-electron chi connectivity index (χ4n) is 2.88. The molecule has 0 aliphatic carbocycles. The number of hydrogen-bond donors (Lipinski definition) is 3. The van der Waals surface area contributed by atoms with Gasteiger partial charge in [0.2, 0.25) is 0 Å². The van der Waals surface area contributed by atoms with Gasteiger partial charge in [0.15, 0.2) is 0 Å². The van der Waals surface area contributed by atoms with E-state index in [1.807, 2.05) is 26.0 Å². The van der Waals surface area contributed by atoms with Crippen molar-refractivity contribution < 1.29 is 24.2 Å². The highest BCUT2D eigenvalue weighted by Crippen LogP contribution is 2.20. The standard InChI is InChI=1S/C21H24FNO4/c1-13(2)11-18(20(24)25)23-19(21(26)27)12-14-3-5-15(6-4-14)16-7-9-17(22)10-8-16/h3-10,13,18-19,23H,11-12H2,1-2H3,(H,24,25)(H,26,27). The van der Waals surface area contributed by atoms with E-state index in [9.17, 15) is 24.2 Å². The first kappa shape index (κ1) is 20.6. The molecular weight excluding hydrogens is 349 g/mol. The molecule has 0 spiro atoms. The predicted molar refractivity (Wildman–Crippen MR) is 101 cm³/mol. The molecule has 0 aromatic heterocycles. The molecule has 0 saturated heterocycles. The lowest BCUT2D eigenvalue weighted by Crippen LogP contribution is -2.48. The second-order valence-corrected chi connectivity index (χ2v) is 6.99. The zero-order valence-electron chi connectivity index (χ0n) is 15.4. The highest BCUT2D eigenvalue weighted by Gasteiger charge is 2.26. The Morgan fingerprint density at radius 3 is 1.81 bits per heavy atom. The number of hydrogen-bond acceptors (Lipinski definition) is 3. The first-order valence-electron chi connectivity index (χ1n) is 8.82. The van der Waals surface area contributed by atoms with Crippen molar-refractivity contribution in [2.45, 2.75) is 38.8 Å². The average molecular weight is 373 g/mol. The molecule has 144 valence electrons. The van der Waals surface area contributed by atoms with Crippen LogP contribution in [0.3, 0.4) is 0 Å². The van der Waals surface area contributed by atoms with Crippen molar-refractivity contribution in [1.82, 2.24) is 5.32 Å². The molecule has 0 fully saturated rings. The lowest BCUT2D eigenvalue weighted by atomic mass is 9.98. The van der Waals surface area contributed by atoms with Gasteiger partial charge in [-0.25, -0.2) is 4.39 Å². The van der Waals surface area contributed by atoms with E-state index in [1.54, 1.807) is 24.3 Å². The number of rotatable bonds is 9. The molecule has 0 bridgehead atoms. The fraction of sp³-hybridized carbons (Fsp3) is 0.333. The molecule has 2 aromatic rings. The van der Waals surface area contributed by atoms with Crippen LogP contribution in [0.4, 0.5) is 4.39 Å². The topological polar surface area (TPSA) is 86.6 Å². The maximum Gasteiger partial charge on any atom is 0.321 e. The number of nitrogens with one attached hydrogen (secondary N) is 1. The average Bonchev–Trinajstić information content (AvgIpc) is 2.61. The monoisotopic (exact) mass is 373 g/mol. The molecular formula is C21H24FNO4. The minimum absolute atomic E-state index is 0.128. The molecule has 0 amide bonds. The third-order valence-electron chi connectivity index (χ3n) is 4.28. The first-order valence-corrected chi connectivity index (χ1v) is 8.82. The van der Waals surface area contributed by atoms with E-state index < -0.39 is 24.0 Å². The van der Waals surface area contributed by atoms with Gasteiger partial charge in [0.05, 0.1) is 0 Å². The van der Waals surface area contributed by atoms with Crippen LogP contribution in [0.25, 0.3) is 11.1 Å². The van der Waals surface area contributed by atoms with Gasteiger partial charge in [0.1, 0.15) is 17.9 Å². The number of carbonyl (C=O) groups is 2. The maximum atomic E-state index is 13.0. The summed E-state index contributed by atoms with van der Waals surface area (Å²) in [6.45, 7) is 3.78. The minimum Gasteiger partial charge on any atom is -0.480 e. The summed E-state index contributed by atoms with van der Waals surface area (Å²) in [5, 5.41) is 21.5. The second kappa shape index (κ2) is 9.28. The van der Waals surface area contributed by atoms with Crippen molar-refractivity contribution in [3.05, 3.63) is 59.9 Å². The largest absolute Gasteiger partial charge is 0.480 e. The van der Waals surface area contributed by atoms with Crippen LogP contribution < -0.4 is 5.32 Å². The number of aliphatic carboxylic acids is 2. The maximum absolute atomic E-state index is 13.0. The van der Waals surface area contributed by atoms with Crippen LogP contribution in [0, 0.1) is 11.7 Å². The van der Waals surface area contributed by atoms with Crippen LogP contribution >= 0.6 is 0 Å². The summed E-state index contributed by atoms with van der Waals surface area (Å²) in [6, 6.07) is 11.5. The number of carboxylic acids is 2. The third kappa shape index (κ3) is 6.18. The number of halogens is 1. The second-order valence-electron chi connectivity index (χ2n) is 6.99. The van der Waals surface area contributed by atoms with E-state index in [2.05, 4.69) is 5.32 Å². The van der Waals surface area contributed by atoms with Gasteiger partial charge in [-0.3, -0.25) is 14.9 Å². The van der Waals surface area contributed by atoms with Gasteiger partial charge in [-0.05, 0) is 47.6 Å². The summed E-state index contributed by atoms with van der Waals surface area (Å²) in [4.78, 5) is 23.0. The van der Waals surface area contributed by atoms with Gasteiger partial charge in [-0.1, -0.05) is 50.2 Å². The molecule has 0 saturated carbocycles. The van der Waals surface area contributed by atoms with Gasteiger partial charge in [-0.2, -0.15) is 0 Å². The number of benzene rings is 2. The van der Waals surface area contributed by atoms with Crippen molar-refractivity contribution >= 4 is 11.9 Å². The summed E-state index contributed by atoms with van der Waals surface area (Å²) in [7, 11) is 0. The van der Waals surface area contributed by atoms with Crippen molar-refractivity contribution in [1.29, 1.82) is 0 Å². The van der Waals surface area contributed by atoms with Crippen LogP contribution in [-0.2, 0) is 16.0 Å². The molecule has 0 aliphatic heterocycles. The predicted octanol–water partition coefficient (Wildman–Crippen LogP) is 3.58. The lowest BCUT2D eigenvalue weighted by molar-refractivity contribution is -0.142. The molecule has 0 heterocycles. The van der Waals surface area contributed by atoms with E-state index >= 15 is 0 Å². The molecule has 2 atom stereocenters. The van der Waals surface area contributed by atoms with E-state index in [0.29, 0.717) is 6.42 Å². The Morgan fingerprint density at radius 1 is 0.889 bits per heavy atom. The molecule has 0 aliphatic rings. The van der Waals surface area contributed by atoms with E-state index in [0.717, 1.165) is 16.7 Å². The molecule has 6 heteroatoms. The Bertz CT molecular complexity index is 772. The Morgan fingerprint density at radius 2 is 1.37 bits per heavy atom. The smallest absolute Gasteiger partial charge is 0.321 e. The zero-order chi connectivity index (χ0) is 20.0. The summed E-state index contributed by atoms with van der Waals surface area (Å²) >= 11 is 0. The molecule has 3 N–H and O–H groups in total. The quantitative estimate of drug-likeness (QED) is 0.625. The minimum atomic E-state index is -1.09. The summed E-state index contributed by atoms with van der Waals surface area (Å²) < 4.78 is 13.0. The molecule has 5 nitrogen and oxygen atoms in total. The van der Waals surface area contributed by atoms with Crippen LogP contribution in [0.1, 0.15) is 25.8 Å². The normalized spacial score (nSPS) is 13.3. The van der Waals surface area contributed by atoms with E-state index in [-0.39, 0.29) is 18.2 Å². The highest BCUT2D eigenvalue weighted by molar-refractivity contribution is 5.77. The zero-order valence-corrected chi connectivity index (χ0v) is 15.4. The van der Waals surface area contributed by atoms with Gasteiger partial charge in [0.25, 0.3) is 0 Å². The molecule has 0 radical (unpaired) electrons. The highest BCUT2D eigenvalue weighted by atomic mass is 19.1. The molecule has 2 aromatic carbocycles. The molecule has 2 unspecified atom stereocenters. The fourth-order valence-corrected chi connectivity index (χ4v) is 2.88. The van der Waals surface area contributed by atoms with Crippen LogP contribution in [0.5, 0.6) is 0 Å². The summed E-state index contributed by atoms with van der Waals surface area (Å²) in [5.41, 5.74) is 2.52. The van der Waals surface area contributed by atoms with Gasteiger partial charge >= 0.3 is 11.9 Å². The Balaban J connectivity index is 2.10. The number of carboxylic acid groups (broad SMARTS) is 2. The van der Waals surface area contributed by atoms with Crippen LogP contribution in [0.15, 0.2) is 48.5 Å². The Labute approximate surface area is 157 Å². The van der Waals surface area contributed by atoms with Crippen molar-refractivity contribution in [2.75, 3.05) is 0 Å². The molecule has 2 rings (SSSR count). The van der Waals surface area contributed by atoms with Crippen LogP contribution in [0.2, 0.25) is 0 Å². The van der Waals surface area contributed by atoms with Gasteiger partial charge < -0.3 is 10.2 Å². The Hall–Kier alpha value is -2.73. The molecule has 27 heavy (non-hydrogen) atoms. The van der Waals surface area contributed by atoms with Crippen molar-refractivity contribution in [3.8, 4) is 11.1 Å². The summed E-state index contributed by atoms with van der Waals surface area (Å²) in [5.74, 6) is -2.32. The Kier molecular flexibility index (Phi) is 7.07. The van der Waals surface area contributed by atoms with Gasteiger partial charge in [0, 0.05) is 0 Å². The van der Waals surface area contributed by atoms with E-state index in [1.165, 1.54) is 12.1 Å². The third-order valence-corrected chi connectivity index (χ3v) is 4.28. The first-order chi connectivity index (χ1) is 12.8. The van der Waals surface area contributed by atoms with Gasteiger partial charge in [-0.15, -0.1) is 0 Å².